The summed E-state index contributed by atoms with van der Waals surface area (Å²) in [4.78, 5) is 30.2. The van der Waals surface area contributed by atoms with Crippen LogP contribution in [0.2, 0.25) is 0 Å². The van der Waals surface area contributed by atoms with E-state index in [0.717, 1.165) is 17.8 Å². The van der Waals surface area contributed by atoms with Crippen molar-refractivity contribution >= 4 is 23.2 Å². The number of hydrogen-bond acceptors (Lipinski definition) is 3. The maximum atomic E-state index is 13.2. The normalized spacial score (nSPS) is 23.5. The number of rotatable bonds is 2. The number of nitrogens with zero attached hydrogens (tertiary/aromatic N) is 2. The van der Waals surface area contributed by atoms with Crippen molar-refractivity contribution in [1.29, 1.82) is 0 Å². The first-order valence-electron chi connectivity index (χ1n) is 8.30. The lowest BCUT2D eigenvalue weighted by atomic mass is 9.94. The topological polar surface area (TPSA) is 40.6 Å². The summed E-state index contributed by atoms with van der Waals surface area (Å²) in [6.45, 7) is 1.39. The van der Waals surface area contributed by atoms with Gasteiger partial charge in [0.15, 0.2) is 0 Å². The quantitative estimate of drug-likeness (QED) is 0.843. The van der Waals surface area contributed by atoms with Gasteiger partial charge in [0.05, 0.1) is 12.0 Å². The molecule has 4 rings (SSSR count). The molecule has 0 spiro atoms. The molecule has 1 fully saturated rings. The molecule has 0 unspecified atom stereocenters. The van der Waals surface area contributed by atoms with Gasteiger partial charge < -0.3 is 9.80 Å². The summed E-state index contributed by atoms with van der Waals surface area (Å²) in [6.07, 6.45) is 1.21. The van der Waals surface area contributed by atoms with Gasteiger partial charge in [-0.15, -0.1) is 11.3 Å². The van der Waals surface area contributed by atoms with Crippen molar-refractivity contribution in [2.45, 2.75) is 25.4 Å². The van der Waals surface area contributed by atoms with Crippen LogP contribution in [-0.2, 0) is 22.6 Å². The predicted octanol–water partition coefficient (Wildman–Crippen LogP) is 2.85. The lowest BCUT2D eigenvalue weighted by molar-refractivity contribution is -0.137. The zero-order valence-electron chi connectivity index (χ0n) is 13.6. The molecular weight excluding hydrogens is 320 g/mol. The van der Waals surface area contributed by atoms with E-state index in [4.69, 9.17) is 0 Å². The average molecular weight is 340 g/mol. The second kappa shape index (κ2) is 6.06. The van der Waals surface area contributed by atoms with Crippen LogP contribution in [0.15, 0.2) is 41.8 Å². The van der Waals surface area contributed by atoms with Crippen LogP contribution in [0.25, 0.3) is 0 Å². The maximum Gasteiger partial charge on any atom is 0.228 e. The predicted molar refractivity (Wildman–Crippen MR) is 93.5 cm³/mol. The van der Waals surface area contributed by atoms with E-state index < -0.39 is 0 Å². The number of hydrogen-bond donors (Lipinski definition) is 0. The first-order chi connectivity index (χ1) is 11.6. The van der Waals surface area contributed by atoms with Crippen LogP contribution in [0.5, 0.6) is 0 Å². The summed E-state index contributed by atoms with van der Waals surface area (Å²) >= 11 is 1.62. The Morgan fingerprint density at radius 3 is 2.71 bits per heavy atom. The zero-order valence-corrected chi connectivity index (χ0v) is 14.5. The van der Waals surface area contributed by atoms with Gasteiger partial charge in [0.25, 0.3) is 0 Å². The minimum absolute atomic E-state index is 0.0594. The molecule has 0 saturated carbocycles. The molecule has 124 valence electrons. The molecule has 1 aromatic heterocycles. The summed E-state index contributed by atoms with van der Waals surface area (Å²) in [7, 11) is 1.81. The number of benzene rings is 1. The van der Waals surface area contributed by atoms with Crippen LogP contribution < -0.4 is 0 Å². The van der Waals surface area contributed by atoms with Gasteiger partial charge in [-0.25, -0.2) is 0 Å². The van der Waals surface area contributed by atoms with Crippen molar-refractivity contribution < 1.29 is 9.59 Å². The molecule has 24 heavy (non-hydrogen) atoms. The third-order valence-corrected chi connectivity index (χ3v) is 6.12. The van der Waals surface area contributed by atoms with Crippen molar-refractivity contribution in [1.82, 2.24) is 9.80 Å². The van der Waals surface area contributed by atoms with Gasteiger partial charge in [0.2, 0.25) is 11.8 Å². The van der Waals surface area contributed by atoms with Crippen molar-refractivity contribution in [3.63, 3.8) is 0 Å². The van der Waals surface area contributed by atoms with Crippen LogP contribution >= 0.6 is 11.3 Å². The first kappa shape index (κ1) is 15.4. The third-order valence-electron chi connectivity index (χ3n) is 5.18. The van der Waals surface area contributed by atoms with Gasteiger partial charge >= 0.3 is 0 Å². The van der Waals surface area contributed by atoms with E-state index in [1.54, 1.807) is 16.2 Å². The molecule has 2 aliphatic heterocycles. The Balaban J connectivity index is 1.59. The summed E-state index contributed by atoms with van der Waals surface area (Å²) in [6, 6.07) is 12.2. The number of thiophene rings is 1. The summed E-state index contributed by atoms with van der Waals surface area (Å²) in [5.74, 6) is -0.101. The van der Waals surface area contributed by atoms with Crippen LogP contribution in [0.4, 0.5) is 0 Å². The molecule has 0 N–H and O–H groups in total. The maximum absolute atomic E-state index is 13.2. The number of amides is 2. The number of fused-ring (bicyclic) bond motifs is 1. The third kappa shape index (κ3) is 2.53. The van der Waals surface area contributed by atoms with E-state index >= 15 is 0 Å². The number of likely N-dealkylation sites (tertiary alicyclic amines) is 1. The van der Waals surface area contributed by atoms with Crippen molar-refractivity contribution in [3.05, 3.63) is 57.8 Å². The van der Waals surface area contributed by atoms with Gasteiger partial charge in [-0.05, 0) is 29.0 Å². The van der Waals surface area contributed by atoms with Crippen LogP contribution in [0.1, 0.15) is 28.5 Å². The largest absolute Gasteiger partial charge is 0.338 e. The fourth-order valence-electron chi connectivity index (χ4n) is 3.86. The molecule has 1 saturated heterocycles. The molecular formula is C19H20N2O2S. The molecule has 2 amide bonds. The fourth-order valence-corrected chi connectivity index (χ4v) is 4.79. The highest BCUT2D eigenvalue weighted by Crippen LogP contribution is 2.40. The van der Waals surface area contributed by atoms with Gasteiger partial charge in [0, 0.05) is 31.4 Å². The minimum atomic E-state index is -0.272. The SMILES string of the molecule is CN1C(=O)C[C@@H](C(=O)N2CCc3ccccc3C2)[C@H]1c1cccs1. The monoisotopic (exact) mass is 340 g/mol. The Kier molecular flexibility index (Phi) is 3.88. The highest BCUT2D eigenvalue weighted by Gasteiger charge is 2.44. The summed E-state index contributed by atoms with van der Waals surface area (Å²) in [5, 5.41) is 2.00. The second-order valence-corrected chi connectivity index (χ2v) is 7.53. The molecule has 2 aromatic rings. The molecule has 1 aromatic carbocycles. The van der Waals surface area contributed by atoms with E-state index in [-0.39, 0.29) is 23.8 Å². The highest BCUT2D eigenvalue weighted by molar-refractivity contribution is 7.10. The summed E-state index contributed by atoms with van der Waals surface area (Å²) in [5.41, 5.74) is 2.55. The van der Waals surface area contributed by atoms with E-state index in [1.807, 2.05) is 41.6 Å². The van der Waals surface area contributed by atoms with E-state index in [1.165, 1.54) is 11.1 Å². The van der Waals surface area contributed by atoms with Crippen LogP contribution in [0.3, 0.4) is 0 Å². The van der Waals surface area contributed by atoms with E-state index in [9.17, 15) is 9.59 Å². The second-order valence-electron chi connectivity index (χ2n) is 6.55. The number of carbonyl (C=O) groups is 2. The summed E-state index contributed by atoms with van der Waals surface area (Å²) < 4.78 is 0. The Hall–Kier alpha value is -2.14. The Bertz CT molecular complexity index is 771. The van der Waals surface area contributed by atoms with E-state index in [0.29, 0.717) is 13.0 Å². The lowest BCUT2D eigenvalue weighted by Gasteiger charge is -2.32. The molecule has 0 aliphatic carbocycles. The standard InChI is InChI=1S/C19H20N2O2S/c1-20-17(22)11-15(18(20)16-7-4-10-24-16)19(23)21-9-8-13-5-2-3-6-14(13)12-21/h2-7,10,15,18H,8-9,11-12H2,1H3/t15-,18+/m1/s1. The first-order valence-corrected chi connectivity index (χ1v) is 9.18. The zero-order chi connectivity index (χ0) is 16.7. The van der Waals surface area contributed by atoms with Crippen molar-refractivity contribution in [2.24, 2.45) is 5.92 Å². The van der Waals surface area contributed by atoms with Gasteiger partial charge in [-0.2, -0.15) is 0 Å². The molecule has 3 heterocycles. The Morgan fingerprint density at radius 1 is 1.17 bits per heavy atom. The molecule has 2 aliphatic rings. The van der Waals surface area contributed by atoms with Crippen LogP contribution in [0, 0.1) is 5.92 Å². The van der Waals surface area contributed by atoms with Crippen molar-refractivity contribution in [2.75, 3.05) is 13.6 Å². The minimum Gasteiger partial charge on any atom is -0.338 e. The Morgan fingerprint density at radius 2 is 1.96 bits per heavy atom. The van der Waals surface area contributed by atoms with Gasteiger partial charge in [-0.1, -0.05) is 30.3 Å². The molecule has 5 heteroatoms. The van der Waals surface area contributed by atoms with Gasteiger partial charge in [0.1, 0.15) is 0 Å². The molecule has 0 bridgehead atoms. The molecule has 4 nitrogen and oxygen atoms in total. The lowest BCUT2D eigenvalue weighted by Crippen LogP contribution is -2.41. The smallest absolute Gasteiger partial charge is 0.228 e. The van der Waals surface area contributed by atoms with E-state index in [2.05, 4.69) is 12.1 Å². The average Bonchev–Trinajstić information content (AvgIpc) is 3.22. The Labute approximate surface area is 145 Å². The number of carbonyl (C=O) groups excluding carboxylic acids is 2. The highest BCUT2D eigenvalue weighted by atomic mass is 32.1. The molecule has 2 atom stereocenters. The van der Waals surface area contributed by atoms with Gasteiger partial charge in [-0.3, -0.25) is 9.59 Å². The van der Waals surface area contributed by atoms with Crippen LogP contribution in [-0.4, -0.2) is 35.2 Å². The fraction of sp³-hybridized carbons (Fsp3) is 0.368. The van der Waals surface area contributed by atoms with Crippen molar-refractivity contribution in [3.8, 4) is 0 Å². The molecule has 0 radical (unpaired) electrons.